The first-order valence-corrected chi connectivity index (χ1v) is 7.17. The highest BCUT2D eigenvalue weighted by Gasteiger charge is 2.17. The largest absolute Gasteiger partial charge is 0.396 e. The van der Waals surface area contributed by atoms with E-state index in [1.54, 1.807) is 6.07 Å². The van der Waals surface area contributed by atoms with E-state index in [1.807, 2.05) is 11.8 Å². The van der Waals surface area contributed by atoms with Gasteiger partial charge in [-0.25, -0.2) is 4.39 Å². The van der Waals surface area contributed by atoms with Gasteiger partial charge in [-0.2, -0.15) is 11.8 Å². The second kappa shape index (κ2) is 6.09. The highest BCUT2D eigenvalue weighted by Crippen LogP contribution is 2.24. The molecule has 1 aliphatic rings. The van der Waals surface area contributed by atoms with Gasteiger partial charge in [-0.05, 0) is 30.7 Å². The van der Waals surface area contributed by atoms with Crippen LogP contribution < -0.4 is 11.1 Å². The second-order valence-electron chi connectivity index (χ2n) is 4.40. The topological polar surface area (TPSA) is 55.1 Å². The summed E-state index contributed by atoms with van der Waals surface area (Å²) >= 11 is 1.89. The smallest absolute Gasteiger partial charge is 0.253 e. The van der Waals surface area contributed by atoms with Gasteiger partial charge in [0, 0.05) is 11.8 Å². The molecule has 0 saturated carbocycles. The van der Waals surface area contributed by atoms with Crippen LogP contribution in [0, 0.1) is 5.82 Å². The monoisotopic (exact) mass is 268 g/mol. The van der Waals surface area contributed by atoms with Gasteiger partial charge < -0.3 is 11.1 Å². The van der Waals surface area contributed by atoms with Crippen molar-refractivity contribution >= 4 is 23.4 Å². The molecule has 1 fully saturated rings. The molecular formula is C13H17FN2OS. The molecule has 0 aliphatic carbocycles. The Bertz CT molecular complexity index is 433. The van der Waals surface area contributed by atoms with Gasteiger partial charge in [0.05, 0.1) is 11.3 Å². The Balaban J connectivity index is 1.93. The van der Waals surface area contributed by atoms with Crippen LogP contribution in [-0.4, -0.2) is 23.5 Å². The minimum absolute atomic E-state index is 0.0775. The Labute approximate surface area is 110 Å². The minimum atomic E-state index is -0.547. The molecule has 0 bridgehead atoms. The minimum Gasteiger partial charge on any atom is -0.396 e. The molecule has 1 aromatic rings. The summed E-state index contributed by atoms with van der Waals surface area (Å²) in [5.74, 6) is 0.315. The predicted molar refractivity (Wildman–Crippen MR) is 73.2 cm³/mol. The van der Waals surface area contributed by atoms with Gasteiger partial charge in [-0.1, -0.05) is 12.5 Å². The molecule has 1 aromatic carbocycles. The van der Waals surface area contributed by atoms with E-state index in [4.69, 9.17) is 5.73 Å². The zero-order valence-electron chi connectivity index (χ0n) is 10.1. The lowest BCUT2D eigenvalue weighted by atomic mass is 10.1. The summed E-state index contributed by atoms with van der Waals surface area (Å²) in [6, 6.07) is 4.29. The van der Waals surface area contributed by atoms with Crippen LogP contribution in [0.25, 0.3) is 0 Å². The van der Waals surface area contributed by atoms with Gasteiger partial charge in [0.25, 0.3) is 5.91 Å². The molecule has 3 nitrogen and oxygen atoms in total. The number of anilines is 1. The third kappa shape index (κ3) is 3.16. The molecule has 3 N–H and O–H groups in total. The molecule has 1 atom stereocenters. The molecule has 2 rings (SSSR count). The zero-order chi connectivity index (χ0) is 13.0. The van der Waals surface area contributed by atoms with Gasteiger partial charge in [0.1, 0.15) is 5.82 Å². The summed E-state index contributed by atoms with van der Waals surface area (Å²) in [4.78, 5) is 11.9. The van der Waals surface area contributed by atoms with Crippen LogP contribution in [0.2, 0.25) is 0 Å². The third-order valence-corrected chi connectivity index (χ3v) is 4.46. The number of nitrogens with one attached hydrogen (secondary N) is 1. The van der Waals surface area contributed by atoms with Crippen molar-refractivity contribution in [2.75, 3.05) is 18.0 Å². The van der Waals surface area contributed by atoms with E-state index >= 15 is 0 Å². The van der Waals surface area contributed by atoms with E-state index in [0.29, 0.717) is 11.8 Å². The first kappa shape index (κ1) is 13.2. The molecule has 1 aliphatic heterocycles. The van der Waals surface area contributed by atoms with Crippen LogP contribution >= 0.6 is 11.8 Å². The van der Waals surface area contributed by atoms with Crippen molar-refractivity contribution in [1.29, 1.82) is 0 Å². The molecule has 1 saturated heterocycles. The molecule has 1 amide bonds. The SMILES string of the molecule is Nc1c(F)cccc1C(=O)NCC1CCCCS1. The van der Waals surface area contributed by atoms with E-state index in [2.05, 4.69) is 5.32 Å². The molecular weight excluding hydrogens is 251 g/mol. The fourth-order valence-corrected chi connectivity index (χ4v) is 3.24. The molecule has 98 valence electrons. The number of amides is 1. The van der Waals surface area contributed by atoms with E-state index in [0.717, 1.165) is 12.2 Å². The van der Waals surface area contributed by atoms with Crippen LogP contribution in [0.5, 0.6) is 0 Å². The Morgan fingerprint density at radius 2 is 2.33 bits per heavy atom. The number of thioether (sulfide) groups is 1. The van der Waals surface area contributed by atoms with Crippen molar-refractivity contribution < 1.29 is 9.18 Å². The van der Waals surface area contributed by atoms with Gasteiger partial charge in [0.15, 0.2) is 0 Å². The van der Waals surface area contributed by atoms with E-state index in [1.165, 1.54) is 25.0 Å². The maximum Gasteiger partial charge on any atom is 0.253 e. The molecule has 0 aromatic heterocycles. The second-order valence-corrected chi connectivity index (χ2v) is 5.81. The van der Waals surface area contributed by atoms with Crippen LogP contribution in [0.15, 0.2) is 18.2 Å². The number of benzene rings is 1. The van der Waals surface area contributed by atoms with Crippen molar-refractivity contribution in [3.8, 4) is 0 Å². The number of rotatable bonds is 3. The number of carbonyl (C=O) groups is 1. The van der Waals surface area contributed by atoms with E-state index < -0.39 is 5.82 Å². The molecule has 18 heavy (non-hydrogen) atoms. The predicted octanol–water partition coefficient (Wildman–Crippen LogP) is 2.42. The Morgan fingerprint density at radius 1 is 1.50 bits per heavy atom. The van der Waals surface area contributed by atoms with E-state index in [9.17, 15) is 9.18 Å². The lowest BCUT2D eigenvalue weighted by molar-refractivity contribution is 0.0954. The van der Waals surface area contributed by atoms with Gasteiger partial charge in [-0.15, -0.1) is 0 Å². The summed E-state index contributed by atoms with van der Waals surface area (Å²) in [7, 11) is 0. The van der Waals surface area contributed by atoms with Crippen LogP contribution in [0.1, 0.15) is 29.6 Å². The third-order valence-electron chi connectivity index (χ3n) is 3.06. The van der Waals surface area contributed by atoms with Crippen molar-refractivity contribution in [2.24, 2.45) is 0 Å². The van der Waals surface area contributed by atoms with Crippen LogP contribution in [0.3, 0.4) is 0 Å². The van der Waals surface area contributed by atoms with Crippen molar-refractivity contribution in [2.45, 2.75) is 24.5 Å². The number of hydrogen-bond donors (Lipinski definition) is 2. The maximum atomic E-state index is 13.2. The number of carbonyl (C=O) groups excluding carboxylic acids is 1. The quantitative estimate of drug-likeness (QED) is 0.828. The molecule has 0 radical (unpaired) electrons. The fraction of sp³-hybridized carbons (Fsp3) is 0.462. The first-order valence-electron chi connectivity index (χ1n) is 6.12. The zero-order valence-corrected chi connectivity index (χ0v) is 10.9. The summed E-state index contributed by atoms with van der Waals surface area (Å²) in [6.45, 7) is 0.624. The fourth-order valence-electron chi connectivity index (χ4n) is 2.01. The Hall–Kier alpha value is -1.23. The standard InChI is InChI=1S/C13H17FN2OS/c14-11-6-3-5-10(12(11)15)13(17)16-8-9-4-1-2-7-18-9/h3,5-6,9H,1-2,4,7-8,15H2,(H,16,17). The maximum absolute atomic E-state index is 13.2. The van der Waals surface area contributed by atoms with Gasteiger partial charge in [-0.3, -0.25) is 4.79 Å². The molecule has 1 unspecified atom stereocenters. The highest BCUT2D eigenvalue weighted by molar-refractivity contribution is 7.99. The first-order chi connectivity index (χ1) is 8.68. The summed E-state index contributed by atoms with van der Waals surface area (Å²) in [6.07, 6.45) is 3.60. The number of nitrogens with two attached hydrogens (primary N) is 1. The average Bonchev–Trinajstić information content (AvgIpc) is 2.40. The van der Waals surface area contributed by atoms with Gasteiger partial charge in [0.2, 0.25) is 0 Å². The van der Waals surface area contributed by atoms with Gasteiger partial charge >= 0.3 is 0 Å². The summed E-state index contributed by atoms with van der Waals surface area (Å²) < 4.78 is 13.2. The summed E-state index contributed by atoms with van der Waals surface area (Å²) in [5.41, 5.74) is 5.69. The molecule has 1 heterocycles. The van der Waals surface area contributed by atoms with Crippen LogP contribution in [-0.2, 0) is 0 Å². The highest BCUT2D eigenvalue weighted by atomic mass is 32.2. The number of hydrogen-bond acceptors (Lipinski definition) is 3. The molecule has 5 heteroatoms. The van der Waals surface area contributed by atoms with Crippen molar-refractivity contribution in [1.82, 2.24) is 5.32 Å². The lowest BCUT2D eigenvalue weighted by Crippen LogP contribution is -2.32. The number of nitrogen functional groups attached to an aromatic ring is 1. The molecule has 0 spiro atoms. The Kier molecular flexibility index (Phi) is 4.47. The average molecular weight is 268 g/mol. The van der Waals surface area contributed by atoms with Crippen molar-refractivity contribution in [3.05, 3.63) is 29.6 Å². The van der Waals surface area contributed by atoms with E-state index in [-0.39, 0.29) is 17.2 Å². The lowest BCUT2D eigenvalue weighted by Gasteiger charge is -2.21. The Morgan fingerprint density at radius 3 is 3.06 bits per heavy atom. The van der Waals surface area contributed by atoms with Crippen molar-refractivity contribution in [3.63, 3.8) is 0 Å². The normalized spacial score (nSPS) is 19.5. The van der Waals surface area contributed by atoms with Crippen LogP contribution in [0.4, 0.5) is 10.1 Å². The number of para-hydroxylation sites is 1. The number of halogens is 1. The summed E-state index contributed by atoms with van der Waals surface area (Å²) in [5, 5.41) is 3.30.